The molecule has 0 bridgehead atoms. The van der Waals surface area contributed by atoms with Gasteiger partial charge in [0.15, 0.2) is 0 Å². The van der Waals surface area contributed by atoms with E-state index in [0.29, 0.717) is 46.8 Å². The zero-order valence-corrected chi connectivity index (χ0v) is 18.3. The van der Waals surface area contributed by atoms with E-state index in [-0.39, 0.29) is 16.7 Å². The molecule has 0 saturated heterocycles. The molecule has 29 heavy (non-hydrogen) atoms. The summed E-state index contributed by atoms with van der Waals surface area (Å²) in [6.45, 7) is 10.1. The molecular formula is C22H25Cl2NO4. The zero-order valence-electron chi connectivity index (χ0n) is 16.8. The maximum absolute atomic E-state index is 12.6. The average molecular weight is 438 g/mol. The van der Waals surface area contributed by atoms with Crippen molar-refractivity contribution < 1.29 is 19.7 Å². The number of aromatic hydroxyl groups is 2. The van der Waals surface area contributed by atoms with Gasteiger partial charge in [0.05, 0.1) is 10.8 Å². The monoisotopic (exact) mass is 437 g/mol. The van der Waals surface area contributed by atoms with Crippen molar-refractivity contribution in [2.24, 2.45) is 0 Å². The predicted molar refractivity (Wildman–Crippen MR) is 119 cm³/mol. The van der Waals surface area contributed by atoms with Gasteiger partial charge in [0.2, 0.25) is 0 Å². The highest BCUT2D eigenvalue weighted by atomic mass is 35.5. The van der Waals surface area contributed by atoms with Crippen molar-refractivity contribution in [3.8, 4) is 11.5 Å². The number of esters is 1. The largest absolute Gasteiger partial charge is 0.507 e. The summed E-state index contributed by atoms with van der Waals surface area (Å²) >= 11 is 11.8. The molecule has 2 rings (SSSR count). The van der Waals surface area contributed by atoms with E-state index in [4.69, 9.17) is 27.9 Å². The highest BCUT2D eigenvalue weighted by Crippen LogP contribution is 2.23. The van der Waals surface area contributed by atoms with Crippen LogP contribution in [0.4, 0.5) is 5.69 Å². The van der Waals surface area contributed by atoms with E-state index >= 15 is 0 Å². The number of rotatable bonds is 7. The van der Waals surface area contributed by atoms with Crippen LogP contribution in [0, 0.1) is 20.8 Å². The van der Waals surface area contributed by atoms with Crippen LogP contribution in [0.15, 0.2) is 18.2 Å². The third kappa shape index (κ3) is 4.98. The fourth-order valence-electron chi connectivity index (χ4n) is 3.01. The van der Waals surface area contributed by atoms with Gasteiger partial charge in [0, 0.05) is 46.9 Å². The van der Waals surface area contributed by atoms with Gasteiger partial charge in [-0.15, -0.1) is 23.2 Å². The van der Waals surface area contributed by atoms with E-state index in [9.17, 15) is 15.0 Å². The van der Waals surface area contributed by atoms with E-state index in [1.54, 1.807) is 26.0 Å². The first-order valence-electron chi connectivity index (χ1n) is 9.11. The van der Waals surface area contributed by atoms with Gasteiger partial charge >= 0.3 is 5.97 Å². The molecule has 0 spiro atoms. The van der Waals surface area contributed by atoms with Crippen LogP contribution in [0.1, 0.15) is 27.0 Å². The van der Waals surface area contributed by atoms with Crippen LogP contribution in [0.2, 0.25) is 0 Å². The van der Waals surface area contributed by atoms with Crippen LogP contribution in [0.3, 0.4) is 0 Å². The number of anilines is 1. The van der Waals surface area contributed by atoms with Gasteiger partial charge in [-0.25, -0.2) is 4.79 Å². The Morgan fingerprint density at radius 2 is 1.72 bits per heavy atom. The van der Waals surface area contributed by atoms with Gasteiger partial charge in [-0.1, -0.05) is 12.6 Å². The van der Waals surface area contributed by atoms with E-state index in [1.165, 1.54) is 0 Å². The lowest BCUT2D eigenvalue weighted by Gasteiger charge is -2.25. The molecule has 0 saturated carbocycles. The number of alkyl halides is 2. The minimum absolute atomic E-state index is 0.0435. The summed E-state index contributed by atoms with van der Waals surface area (Å²) in [5, 5.41) is 21.0. The van der Waals surface area contributed by atoms with Crippen molar-refractivity contribution in [2.75, 3.05) is 29.7 Å². The van der Waals surface area contributed by atoms with Crippen LogP contribution in [0.25, 0.3) is 12.8 Å². The normalized spacial score (nSPS) is 11.6. The maximum atomic E-state index is 12.6. The zero-order chi connectivity index (χ0) is 21.7. The van der Waals surface area contributed by atoms with Crippen molar-refractivity contribution in [3.05, 3.63) is 50.9 Å². The number of phenolic OH excluding ortho intramolecular Hbond substituents is 2. The number of ether oxygens (including phenoxy) is 1. The van der Waals surface area contributed by atoms with E-state index in [2.05, 4.69) is 6.58 Å². The van der Waals surface area contributed by atoms with Crippen LogP contribution in [-0.4, -0.2) is 41.0 Å². The van der Waals surface area contributed by atoms with Gasteiger partial charge in [0.25, 0.3) is 0 Å². The minimum Gasteiger partial charge on any atom is -0.507 e. The van der Waals surface area contributed by atoms with Gasteiger partial charge in [-0.2, -0.15) is 0 Å². The topological polar surface area (TPSA) is 70.0 Å². The fourth-order valence-corrected chi connectivity index (χ4v) is 3.42. The highest BCUT2D eigenvalue weighted by molar-refractivity contribution is 6.18. The van der Waals surface area contributed by atoms with E-state index < -0.39 is 5.97 Å². The van der Waals surface area contributed by atoms with Crippen molar-refractivity contribution in [1.29, 1.82) is 0 Å². The number of carbonyl (C=O) groups excluding carboxylic acids is 1. The van der Waals surface area contributed by atoms with Crippen molar-refractivity contribution >= 4 is 47.7 Å². The maximum Gasteiger partial charge on any atom is 0.343 e. The van der Waals surface area contributed by atoms with Crippen LogP contribution in [-0.2, 0) is 4.74 Å². The number of phenols is 2. The highest BCUT2D eigenvalue weighted by Gasteiger charge is 2.15. The molecule has 2 N–H and O–H groups in total. The number of hydrogen-bond acceptors (Lipinski definition) is 5. The molecule has 156 valence electrons. The Morgan fingerprint density at radius 3 is 2.31 bits per heavy atom. The summed E-state index contributed by atoms with van der Waals surface area (Å²) in [7, 11) is 0. The number of halogens is 2. The molecule has 7 heteroatoms. The summed E-state index contributed by atoms with van der Waals surface area (Å²) in [6, 6.07) is 5.24. The molecule has 0 aliphatic carbocycles. The Hall–Kier alpha value is -2.37. The standard InChI is InChI=1S/C22H25Cl2NO4/c1-13-5-6-17(11-19(13)25(9-7-23)10-8-24)22(28)29-12-18-16(4)20(26)14(2)15(3)21(18)27/h5-6,11-12,26-27H,2,7-10H2,1,3-4H3. The van der Waals surface area contributed by atoms with Gasteiger partial charge in [0.1, 0.15) is 17.8 Å². The summed E-state index contributed by atoms with van der Waals surface area (Å²) in [6.07, 6.45) is 1.15. The lowest BCUT2D eigenvalue weighted by molar-refractivity contribution is 0.0705. The number of hydrogen-bond donors (Lipinski definition) is 2. The SMILES string of the molecule is C=c1c(C)c(O)c(=COC(=O)c2ccc(C)c(N(CCCl)CCCl)c2)c(C)c1O. The van der Waals surface area contributed by atoms with Crippen LogP contribution in [0.5, 0.6) is 11.5 Å². The first-order valence-corrected chi connectivity index (χ1v) is 10.2. The van der Waals surface area contributed by atoms with Gasteiger partial charge in [-0.05, 0) is 38.5 Å². The molecule has 0 aliphatic heterocycles. The average Bonchev–Trinajstić information content (AvgIpc) is 2.71. The number of benzene rings is 2. The van der Waals surface area contributed by atoms with E-state index in [1.807, 2.05) is 17.9 Å². The van der Waals surface area contributed by atoms with Crippen molar-refractivity contribution in [2.45, 2.75) is 20.8 Å². The lowest BCUT2D eigenvalue weighted by atomic mass is 10.1. The van der Waals surface area contributed by atoms with Gasteiger partial charge < -0.3 is 19.8 Å². The predicted octanol–water partition coefficient (Wildman–Crippen LogP) is 3.31. The smallest absolute Gasteiger partial charge is 0.343 e. The van der Waals surface area contributed by atoms with Gasteiger partial charge in [-0.3, -0.25) is 0 Å². The van der Waals surface area contributed by atoms with Crippen molar-refractivity contribution in [3.63, 3.8) is 0 Å². The second-order valence-corrected chi connectivity index (χ2v) is 7.48. The Balaban J connectivity index is 2.39. The van der Waals surface area contributed by atoms with Crippen molar-refractivity contribution in [1.82, 2.24) is 0 Å². The second-order valence-electron chi connectivity index (χ2n) is 6.73. The molecule has 0 aliphatic rings. The molecule has 0 fully saturated rings. The lowest BCUT2D eigenvalue weighted by Crippen LogP contribution is -2.28. The molecule has 5 nitrogen and oxygen atoms in total. The Kier molecular flexibility index (Phi) is 7.82. The molecule has 2 aromatic carbocycles. The molecular weight excluding hydrogens is 413 g/mol. The summed E-state index contributed by atoms with van der Waals surface area (Å²) < 4.78 is 5.29. The number of aryl methyl sites for hydroxylation is 1. The summed E-state index contributed by atoms with van der Waals surface area (Å²) in [4.78, 5) is 14.6. The molecule has 0 unspecified atom stereocenters. The van der Waals surface area contributed by atoms with Crippen LogP contribution >= 0.6 is 23.2 Å². The van der Waals surface area contributed by atoms with E-state index in [0.717, 1.165) is 17.5 Å². The minimum atomic E-state index is -0.586. The third-order valence-corrected chi connectivity index (χ3v) is 5.22. The third-order valence-electron chi connectivity index (χ3n) is 4.89. The van der Waals surface area contributed by atoms with Crippen LogP contribution < -0.4 is 15.3 Å². The molecule has 2 aromatic rings. The Bertz CT molecular complexity index is 979. The summed E-state index contributed by atoms with van der Waals surface area (Å²) in [5.74, 6) is 0.152. The first-order chi connectivity index (χ1) is 13.7. The molecule has 0 aromatic heterocycles. The summed E-state index contributed by atoms with van der Waals surface area (Å²) in [5.41, 5.74) is 3.00. The molecule has 0 amide bonds. The second kappa shape index (κ2) is 9.90. The number of nitrogens with zero attached hydrogens (tertiary/aromatic N) is 1. The number of carbonyl (C=O) groups is 1. The quantitative estimate of drug-likeness (QED) is 0.395. The fraction of sp³-hybridized carbons (Fsp3) is 0.318. The Morgan fingerprint density at radius 1 is 1.10 bits per heavy atom. The first kappa shape index (κ1) is 22.9. The molecule has 0 heterocycles. The molecule has 0 atom stereocenters. The molecule has 0 radical (unpaired) electrons. The Labute approximate surface area is 180 Å².